The summed E-state index contributed by atoms with van der Waals surface area (Å²) in [7, 11) is -3.56. The maximum absolute atomic E-state index is 12.4. The first-order valence-corrected chi connectivity index (χ1v) is 9.59. The van der Waals surface area contributed by atoms with Crippen LogP contribution < -0.4 is 10.0 Å². The van der Waals surface area contributed by atoms with E-state index in [1.165, 1.54) is 12.8 Å². The van der Waals surface area contributed by atoms with Crippen LogP contribution in [0.4, 0.5) is 0 Å². The van der Waals surface area contributed by atoms with Gasteiger partial charge in [0.05, 0.1) is 6.54 Å². The quantitative estimate of drug-likeness (QED) is 0.729. The highest BCUT2D eigenvalue weighted by Gasteiger charge is 2.26. The number of rotatable bonds is 8. The van der Waals surface area contributed by atoms with Gasteiger partial charge in [-0.3, -0.25) is 0 Å². The lowest BCUT2D eigenvalue weighted by Crippen LogP contribution is -2.33. The average molecular weight is 379 g/mol. The van der Waals surface area contributed by atoms with Crippen LogP contribution in [0.15, 0.2) is 20.0 Å². The van der Waals surface area contributed by atoms with Crippen LogP contribution >= 0.6 is 15.9 Å². The van der Waals surface area contributed by atoms with Crippen molar-refractivity contribution in [3.63, 3.8) is 0 Å². The van der Waals surface area contributed by atoms with Gasteiger partial charge in [-0.1, -0.05) is 13.8 Å². The van der Waals surface area contributed by atoms with Crippen molar-refractivity contribution in [2.45, 2.75) is 63.6 Å². The largest absolute Gasteiger partial charge is 0.452 e. The van der Waals surface area contributed by atoms with Crippen molar-refractivity contribution in [1.82, 2.24) is 10.0 Å². The van der Waals surface area contributed by atoms with E-state index in [1.54, 1.807) is 6.07 Å². The fourth-order valence-electron chi connectivity index (χ4n) is 2.28. The molecule has 1 aromatic rings. The number of hydrogen-bond donors (Lipinski definition) is 2. The Bertz CT molecular complexity index is 579. The van der Waals surface area contributed by atoms with E-state index < -0.39 is 10.0 Å². The Kier molecular flexibility index (Phi) is 5.51. The van der Waals surface area contributed by atoms with Gasteiger partial charge in [-0.25, -0.2) is 13.1 Å². The second kappa shape index (κ2) is 6.81. The maximum Gasteiger partial charge on any atom is 0.245 e. The molecule has 0 amide bonds. The van der Waals surface area contributed by atoms with Crippen LogP contribution in [0.5, 0.6) is 0 Å². The van der Waals surface area contributed by atoms with Crippen LogP contribution in [0.25, 0.3) is 0 Å². The van der Waals surface area contributed by atoms with E-state index in [0.29, 0.717) is 24.3 Å². The van der Waals surface area contributed by atoms with E-state index in [9.17, 15) is 8.42 Å². The Labute approximate surface area is 135 Å². The first-order valence-electron chi connectivity index (χ1n) is 7.32. The Balaban J connectivity index is 2.04. The molecule has 0 spiro atoms. The topological polar surface area (TPSA) is 71.3 Å². The smallest absolute Gasteiger partial charge is 0.245 e. The molecule has 0 aliphatic heterocycles. The lowest BCUT2D eigenvalue weighted by atomic mass is 10.1. The fraction of sp³-hybridized carbons (Fsp3) is 0.714. The predicted octanol–water partition coefficient (Wildman–Crippen LogP) is 3.01. The number of hydrogen-bond acceptors (Lipinski definition) is 4. The van der Waals surface area contributed by atoms with Crippen molar-refractivity contribution in [2.24, 2.45) is 5.92 Å². The van der Waals surface area contributed by atoms with Crippen LogP contribution in [-0.4, -0.2) is 20.5 Å². The summed E-state index contributed by atoms with van der Waals surface area (Å²) < 4.78 is 33.2. The zero-order valence-electron chi connectivity index (χ0n) is 12.6. The molecule has 1 heterocycles. The Morgan fingerprint density at radius 2 is 2.05 bits per heavy atom. The van der Waals surface area contributed by atoms with Gasteiger partial charge < -0.3 is 9.73 Å². The number of furan rings is 1. The first-order chi connectivity index (χ1) is 9.78. The number of halogens is 1. The Morgan fingerprint density at radius 1 is 1.38 bits per heavy atom. The third kappa shape index (κ3) is 5.09. The Hall–Kier alpha value is -0.370. The second-order valence-electron chi connectivity index (χ2n) is 6.16. The molecule has 2 rings (SSSR count). The normalized spacial score (nSPS) is 17.4. The van der Waals surface area contributed by atoms with Gasteiger partial charge in [0.15, 0.2) is 4.67 Å². The van der Waals surface area contributed by atoms with E-state index in [2.05, 4.69) is 39.8 Å². The molecule has 7 heteroatoms. The van der Waals surface area contributed by atoms with Gasteiger partial charge in [-0.2, -0.15) is 0 Å². The van der Waals surface area contributed by atoms with Crippen molar-refractivity contribution >= 4 is 26.0 Å². The van der Waals surface area contributed by atoms with Crippen LogP contribution in [0.1, 0.15) is 45.8 Å². The second-order valence-corrected chi connectivity index (χ2v) is 8.56. The molecule has 2 N–H and O–H groups in total. The average Bonchev–Trinajstić information content (AvgIpc) is 3.07. The lowest BCUT2D eigenvalue weighted by molar-refractivity contribution is 0.458. The van der Waals surface area contributed by atoms with Crippen molar-refractivity contribution in [2.75, 3.05) is 0 Å². The molecular formula is C14H23BrN2O3S. The molecule has 0 bridgehead atoms. The van der Waals surface area contributed by atoms with Crippen molar-refractivity contribution in [3.8, 4) is 0 Å². The van der Waals surface area contributed by atoms with Gasteiger partial charge in [0.2, 0.25) is 10.0 Å². The van der Waals surface area contributed by atoms with Crippen molar-refractivity contribution in [1.29, 1.82) is 0 Å². The summed E-state index contributed by atoms with van der Waals surface area (Å²) in [4.78, 5) is 0.172. The van der Waals surface area contributed by atoms with E-state index in [1.807, 2.05) is 6.92 Å². The lowest BCUT2D eigenvalue weighted by Gasteiger charge is -2.15. The molecule has 0 radical (unpaired) electrons. The van der Waals surface area contributed by atoms with Gasteiger partial charge in [0.1, 0.15) is 10.7 Å². The van der Waals surface area contributed by atoms with Crippen LogP contribution in [0.2, 0.25) is 0 Å². The molecule has 5 nitrogen and oxygen atoms in total. The van der Waals surface area contributed by atoms with Crippen LogP contribution in [0, 0.1) is 5.92 Å². The summed E-state index contributed by atoms with van der Waals surface area (Å²) in [5, 5.41) is 3.30. The van der Waals surface area contributed by atoms with Gasteiger partial charge in [0.25, 0.3) is 0 Å². The zero-order valence-corrected chi connectivity index (χ0v) is 15.1. The standard InChI is InChI=1S/C14H23BrN2O3S/c1-9(2)6-10(3)17-21(18,19)13-7-12(20-14(13)15)8-16-11-4-5-11/h7,9-11,16-17H,4-6,8H2,1-3H3. The molecule has 21 heavy (non-hydrogen) atoms. The van der Waals surface area contributed by atoms with Gasteiger partial charge in [0, 0.05) is 18.2 Å². The van der Waals surface area contributed by atoms with Gasteiger partial charge >= 0.3 is 0 Å². The highest BCUT2D eigenvalue weighted by atomic mass is 79.9. The third-order valence-corrected chi connectivity index (χ3v) is 5.77. The van der Waals surface area contributed by atoms with E-state index in [-0.39, 0.29) is 15.6 Å². The molecule has 1 aliphatic carbocycles. The zero-order chi connectivity index (χ0) is 15.6. The van der Waals surface area contributed by atoms with Crippen molar-refractivity contribution in [3.05, 3.63) is 16.5 Å². The minimum atomic E-state index is -3.56. The molecule has 0 saturated heterocycles. The minimum Gasteiger partial charge on any atom is -0.452 e. The third-order valence-electron chi connectivity index (χ3n) is 3.32. The summed E-state index contributed by atoms with van der Waals surface area (Å²) in [5.74, 6) is 1.07. The molecule has 1 aromatic heterocycles. The monoisotopic (exact) mass is 378 g/mol. The first kappa shape index (κ1) is 17.0. The molecule has 1 fully saturated rings. The van der Waals surface area contributed by atoms with Crippen LogP contribution in [-0.2, 0) is 16.6 Å². The van der Waals surface area contributed by atoms with E-state index >= 15 is 0 Å². The molecule has 1 aliphatic rings. The predicted molar refractivity (Wildman–Crippen MR) is 85.5 cm³/mol. The Morgan fingerprint density at radius 3 is 2.62 bits per heavy atom. The summed E-state index contributed by atoms with van der Waals surface area (Å²) >= 11 is 3.20. The summed E-state index contributed by atoms with van der Waals surface area (Å²) in [6.45, 7) is 6.57. The fourth-order valence-corrected chi connectivity index (χ4v) is 4.54. The summed E-state index contributed by atoms with van der Waals surface area (Å²) in [6, 6.07) is 2.03. The highest BCUT2D eigenvalue weighted by Crippen LogP contribution is 2.27. The van der Waals surface area contributed by atoms with Crippen LogP contribution in [0.3, 0.4) is 0 Å². The van der Waals surface area contributed by atoms with Crippen molar-refractivity contribution < 1.29 is 12.8 Å². The number of nitrogens with one attached hydrogen (secondary N) is 2. The van der Waals surface area contributed by atoms with E-state index in [0.717, 1.165) is 6.42 Å². The summed E-state index contributed by atoms with van der Waals surface area (Å²) in [6.07, 6.45) is 3.16. The number of sulfonamides is 1. The molecule has 1 unspecified atom stereocenters. The molecule has 0 aromatic carbocycles. The SMILES string of the molecule is CC(C)CC(C)NS(=O)(=O)c1cc(CNC2CC2)oc1Br. The van der Waals surface area contributed by atoms with Gasteiger partial charge in [-0.15, -0.1) is 0 Å². The van der Waals surface area contributed by atoms with Gasteiger partial charge in [-0.05, 0) is 48.0 Å². The summed E-state index contributed by atoms with van der Waals surface area (Å²) in [5.41, 5.74) is 0. The van der Waals surface area contributed by atoms with E-state index in [4.69, 9.17) is 4.42 Å². The molecule has 1 atom stereocenters. The molecular weight excluding hydrogens is 356 g/mol. The molecule has 1 saturated carbocycles. The molecule has 120 valence electrons. The maximum atomic E-state index is 12.4. The minimum absolute atomic E-state index is 0.107. The highest BCUT2D eigenvalue weighted by molar-refractivity contribution is 9.10.